The summed E-state index contributed by atoms with van der Waals surface area (Å²) in [7, 11) is 0. The lowest BCUT2D eigenvalue weighted by molar-refractivity contribution is -0.116. The van der Waals surface area contributed by atoms with Gasteiger partial charge in [0, 0.05) is 29.5 Å². The van der Waals surface area contributed by atoms with Crippen LogP contribution in [-0.2, 0) is 4.79 Å². The summed E-state index contributed by atoms with van der Waals surface area (Å²) in [5.74, 6) is 0.262. The van der Waals surface area contributed by atoms with Crippen LogP contribution in [0, 0.1) is 0 Å². The summed E-state index contributed by atoms with van der Waals surface area (Å²) in [5, 5.41) is 5.62. The monoisotopic (exact) mass is 461 g/mol. The first-order valence-electron chi connectivity index (χ1n) is 9.81. The Morgan fingerprint density at radius 2 is 1.72 bits per heavy atom. The molecule has 2 amide bonds. The molecule has 0 atom stereocenters. The van der Waals surface area contributed by atoms with Gasteiger partial charge < -0.3 is 20.3 Å². The fraction of sp³-hybridized carbons (Fsp3) is 0.364. The molecule has 2 N–H and O–H groups in total. The second kappa shape index (κ2) is 12.2. The summed E-state index contributed by atoms with van der Waals surface area (Å²) in [5.41, 5.74) is 1.19. The van der Waals surface area contributed by atoms with Gasteiger partial charge in [0.1, 0.15) is 12.4 Å². The highest BCUT2D eigenvalue weighted by molar-refractivity contribution is 9.10. The molecule has 0 bridgehead atoms. The van der Waals surface area contributed by atoms with Crippen LogP contribution in [-0.4, -0.2) is 49.5 Å². The molecule has 0 heterocycles. The highest BCUT2D eigenvalue weighted by Crippen LogP contribution is 2.23. The quantitative estimate of drug-likeness (QED) is 0.531. The summed E-state index contributed by atoms with van der Waals surface area (Å²) in [4.78, 5) is 26.6. The van der Waals surface area contributed by atoms with E-state index in [4.69, 9.17) is 4.74 Å². The maximum absolute atomic E-state index is 12.3. The van der Waals surface area contributed by atoms with Crippen molar-refractivity contribution in [1.82, 2.24) is 10.2 Å². The number of amides is 2. The smallest absolute Gasteiger partial charge is 0.251 e. The predicted molar refractivity (Wildman–Crippen MR) is 119 cm³/mol. The Hall–Kier alpha value is -2.38. The number of nitrogens with one attached hydrogen (secondary N) is 2. The van der Waals surface area contributed by atoms with Gasteiger partial charge in [-0.2, -0.15) is 0 Å². The van der Waals surface area contributed by atoms with Gasteiger partial charge in [0.2, 0.25) is 5.91 Å². The van der Waals surface area contributed by atoms with E-state index in [9.17, 15) is 9.59 Å². The van der Waals surface area contributed by atoms with Crippen molar-refractivity contribution in [2.45, 2.75) is 20.3 Å². The van der Waals surface area contributed by atoms with Gasteiger partial charge >= 0.3 is 0 Å². The van der Waals surface area contributed by atoms with Crippen molar-refractivity contribution in [3.8, 4) is 5.75 Å². The SMILES string of the molecule is CCN(CC)CCOc1ccccc1NC(=O)CCNC(=O)c1ccc(Br)cc1. The number of para-hydroxylation sites is 2. The second-order valence-electron chi connectivity index (χ2n) is 6.43. The molecule has 0 unspecified atom stereocenters. The topological polar surface area (TPSA) is 70.7 Å². The molecule has 0 spiro atoms. The number of halogens is 1. The standard InChI is InChI=1S/C22H28BrN3O3/c1-3-26(4-2)15-16-29-20-8-6-5-7-19(20)25-21(27)13-14-24-22(28)17-9-11-18(23)12-10-17/h5-12H,3-4,13-16H2,1-2H3,(H,24,28)(H,25,27). The lowest BCUT2D eigenvalue weighted by Crippen LogP contribution is -2.28. The number of nitrogens with zero attached hydrogens (tertiary/aromatic N) is 1. The van der Waals surface area contributed by atoms with E-state index in [0.717, 1.165) is 24.1 Å². The summed E-state index contributed by atoms with van der Waals surface area (Å²) in [6.45, 7) is 7.83. The van der Waals surface area contributed by atoms with Crippen LogP contribution in [0.4, 0.5) is 5.69 Å². The number of hydrogen-bond acceptors (Lipinski definition) is 4. The van der Waals surface area contributed by atoms with Gasteiger partial charge in [-0.1, -0.05) is 41.9 Å². The Kier molecular flexibility index (Phi) is 9.67. The molecular formula is C22H28BrN3O3. The van der Waals surface area contributed by atoms with Crippen LogP contribution in [0.3, 0.4) is 0 Å². The number of anilines is 1. The fourth-order valence-electron chi connectivity index (χ4n) is 2.73. The van der Waals surface area contributed by atoms with E-state index < -0.39 is 0 Å². The molecule has 0 aromatic heterocycles. The van der Waals surface area contributed by atoms with E-state index in [0.29, 0.717) is 23.6 Å². The Morgan fingerprint density at radius 1 is 1.03 bits per heavy atom. The lowest BCUT2D eigenvalue weighted by atomic mass is 10.2. The van der Waals surface area contributed by atoms with E-state index >= 15 is 0 Å². The molecule has 6 nitrogen and oxygen atoms in total. The van der Waals surface area contributed by atoms with Crippen molar-refractivity contribution in [1.29, 1.82) is 0 Å². The zero-order chi connectivity index (χ0) is 21.1. The summed E-state index contributed by atoms with van der Waals surface area (Å²) in [6, 6.07) is 14.4. The zero-order valence-electron chi connectivity index (χ0n) is 16.9. The van der Waals surface area contributed by atoms with Gasteiger partial charge in [-0.3, -0.25) is 9.59 Å². The highest BCUT2D eigenvalue weighted by atomic mass is 79.9. The first-order valence-corrected chi connectivity index (χ1v) is 10.6. The van der Waals surface area contributed by atoms with Crippen molar-refractivity contribution in [3.05, 3.63) is 58.6 Å². The third-order valence-electron chi connectivity index (χ3n) is 4.46. The van der Waals surface area contributed by atoms with Crippen LogP contribution >= 0.6 is 15.9 Å². The Bertz CT molecular complexity index is 792. The van der Waals surface area contributed by atoms with Gasteiger partial charge in [0.05, 0.1) is 5.69 Å². The molecule has 0 saturated heterocycles. The van der Waals surface area contributed by atoms with Gasteiger partial charge in [-0.25, -0.2) is 0 Å². The van der Waals surface area contributed by atoms with Gasteiger partial charge in [0.15, 0.2) is 0 Å². The maximum Gasteiger partial charge on any atom is 0.251 e. The Balaban J connectivity index is 1.79. The van der Waals surface area contributed by atoms with Crippen molar-refractivity contribution >= 4 is 33.4 Å². The van der Waals surface area contributed by atoms with Gasteiger partial charge in [0.25, 0.3) is 5.91 Å². The van der Waals surface area contributed by atoms with Gasteiger partial charge in [-0.15, -0.1) is 0 Å². The first kappa shape index (κ1) is 22.9. The largest absolute Gasteiger partial charge is 0.490 e. The molecule has 0 aliphatic heterocycles. The van der Waals surface area contributed by atoms with Crippen LogP contribution in [0.1, 0.15) is 30.6 Å². The minimum Gasteiger partial charge on any atom is -0.490 e. The Labute approximate surface area is 180 Å². The maximum atomic E-state index is 12.3. The average Bonchev–Trinajstić information content (AvgIpc) is 2.73. The van der Waals surface area contributed by atoms with Crippen molar-refractivity contribution in [3.63, 3.8) is 0 Å². The molecule has 0 aliphatic rings. The second-order valence-corrected chi connectivity index (χ2v) is 7.35. The highest BCUT2D eigenvalue weighted by Gasteiger charge is 2.10. The molecule has 0 aliphatic carbocycles. The molecule has 2 aromatic carbocycles. The van der Waals surface area contributed by atoms with E-state index in [1.165, 1.54) is 0 Å². The van der Waals surface area contributed by atoms with E-state index in [1.807, 2.05) is 24.3 Å². The fourth-order valence-corrected chi connectivity index (χ4v) is 2.99. The van der Waals surface area contributed by atoms with Crippen LogP contribution in [0.25, 0.3) is 0 Å². The van der Waals surface area contributed by atoms with E-state index in [2.05, 4.69) is 45.3 Å². The predicted octanol–water partition coefficient (Wildman–Crippen LogP) is 3.93. The van der Waals surface area contributed by atoms with Crippen LogP contribution in [0.2, 0.25) is 0 Å². The number of rotatable bonds is 11. The van der Waals surface area contributed by atoms with Crippen molar-refractivity contribution < 1.29 is 14.3 Å². The number of benzene rings is 2. The molecule has 0 radical (unpaired) electrons. The minimum absolute atomic E-state index is 0.177. The summed E-state index contributed by atoms with van der Waals surface area (Å²) < 4.78 is 6.76. The van der Waals surface area contributed by atoms with Gasteiger partial charge in [-0.05, 0) is 49.5 Å². The van der Waals surface area contributed by atoms with E-state index in [1.54, 1.807) is 24.3 Å². The number of carbonyl (C=O) groups is 2. The summed E-state index contributed by atoms with van der Waals surface area (Å²) in [6.07, 6.45) is 0.177. The molecular weight excluding hydrogens is 434 g/mol. The van der Waals surface area contributed by atoms with Crippen LogP contribution in [0.5, 0.6) is 5.75 Å². The zero-order valence-corrected chi connectivity index (χ0v) is 18.5. The first-order chi connectivity index (χ1) is 14.0. The molecule has 0 fully saturated rings. The van der Waals surface area contributed by atoms with Crippen molar-refractivity contribution in [2.75, 3.05) is 38.1 Å². The third-order valence-corrected chi connectivity index (χ3v) is 4.99. The number of hydrogen-bond donors (Lipinski definition) is 2. The lowest BCUT2D eigenvalue weighted by Gasteiger charge is -2.19. The molecule has 156 valence electrons. The number of likely N-dealkylation sites (N-methyl/N-ethyl adjacent to an activating group) is 1. The normalized spacial score (nSPS) is 10.6. The molecule has 29 heavy (non-hydrogen) atoms. The van der Waals surface area contributed by atoms with Crippen LogP contribution < -0.4 is 15.4 Å². The molecule has 2 aromatic rings. The average molecular weight is 462 g/mol. The summed E-state index contributed by atoms with van der Waals surface area (Å²) >= 11 is 3.34. The number of carbonyl (C=O) groups excluding carboxylic acids is 2. The molecule has 7 heteroatoms. The third kappa shape index (κ3) is 7.87. The Morgan fingerprint density at radius 3 is 2.41 bits per heavy atom. The van der Waals surface area contributed by atoms with E-state index in [-0.39, 0.29) is 24.8 Å². The van der Waals surface area contributed by atoms with Crippen molar-refractivity contribution in [2.24, 2.45) is 0 Å². The van der Waals surface area contributed by atoms with Crippen LogP contribution in [0.15, 0.2) is 53.0 Å². The molecule has 2 rings (SSSR count). The molecule has 0 saturated carbocycles. The number of ether oxygens (including phenoxy) is 1. The minimum atomic E-state index is -0.203.